The van der Waals surface area contributed by atoms with Crippen molar-refractivity contribution in [1.29, 1.82) is 0 Å². The molecule has 0 N–H and O–H groups in total. The summed E-state index contributed by atoms with van der Waals surface area (Å²) in [6.07, 6.45) is 1.98. The van der Waals surface area contributed by atoms with Gasteiger partial charge in [-0.2, -0.15) is 0 Å². The zero-order valence-corrected chi connectivity index (χ0v) is 11.8. The highest BCUT2D eigenvalue weighted by Crippen LogP contribution is 2.28. The number of halogens is 1. The second-order valence-corrected chi connectivity index (χ2v) is 5.11. The molecule has 2 aromatic heterocycles. The summed E-state index contributed by atoms with van der Waals surface area (Å²) in [6, 6.07) is 10.3. The molecule has 0 saturated carbocycles. The van der Waals surface area contributed by atoms with E-state index in [1.165, 1.54) is 5.56 Å². The molecule has 0 aliphatic heterocycles. The maximum atomic E-state index is 4.58. The summed E-state index contributed by atoms with van der Waals surface area (Å²) >= 11 is 3.59. The van der Waals surface area contributed by atoms with E-state index in [-0.39, 0.29) is 0 Å². The van der Waals surface area contributed by atoms with Gasteiger partial charge in [0.15, 0.2) is 0 Å². The van der Waals surface area contributed by atoms with Crippen LogP contribution in [-0.2, 0) is 0 Å². The molecule has 18 heavy (non-hydrogen) atoms. The summed E-state index contributed by atoms with van der Waals surface area (Å²) in [5, 5.41) is 0. The lowest BCUT2D eigenvalue weighted by Gasteiger charge is -1.98. The normalized spacial score (nSPS) is 11.1. The molecule has 0 amide bonds. The predicted molar refractivity (Wildman–Crippen MR) is 75.6 cm³/mol. The third-order valence-corrected chi connectivity index (χ3v) is 3.66. The Morgan fingerprint density at radius 2 is 1.72 bits per heavy atom. The molecular weight excluding hydrogens is 290 g/mol. The molecule has 3 nitrogen and oxygen atoms in total. The molecule has 0 bridgehead atoms. The van der Waals surface area contributed by atoms with Gasteiger partial charge in [0.05, 0.1) is 0 Å². The van der Waals surface area contributed by atoms with Crippen LogP contribution in [0, 0.1) is 13.8 Å². The number of hydrogen-bond donors (Lipinski definition) is 0. The molecule has 0 atom stereocenters. The van der Waals surface area contributed by atoms with Crippen molar-refractivity contribution >= 4 is 21.7 Å². The molecule has 0 radical (unpaired) electrons. The smallest absolute Gasteiger partial charge is 0.235 e. The first-order valence-electron chi connectivity index (χ1n) is 5.73. The van der Waals surface area contributed by atoms with Gasteiger partial charge in [0, 0.05) is 17.5 Å². The van der Waals surface area contributed by atoms with Gasteiger partial charge >= 0.3 is 0 Å². The van der Waals surface area contributed by atoms with Gasteiger partial charge in [-0.05, 0) is 35.8 Å². The molecule has 90 valence electrons. The van der Waals surface area contributed by atoms with Gasteiger partial charge in [-0.1, -0.05) is 29.8 Å². The number of nitrogens with zero attached hydrogens (tertiary/aromatic N) is 3. The summed E-state index contributed by atoms with van der Waals surface area (Å²) in [4.78, 5) is 9.00. The molecule has 0 aliphatic carbocycles. The zero-order valence-electron chi connectivity index (χ0n) is 10.2. The van der Waals surface area contributed by atoms with Gasteiger partial charge in [-0.15, -0.1) is 0 Å². The van der Waals surface area contributed by atoms with Crippen LogP contribution in [0.25, 0.3) is 17.0 Å². The Hall–Kier alpha value is -1.68. The zero-order chi connectivity index (χ0) is 12.7. The second-order valence-electron chi connectivity index (χ2n) is 4.36. The highest BCUT2D eigenvalue weighted by Gasteiger charge is 2.12. The number of imidazole rings is 1. The molecule has 2 heterocycles. The van der Waals surface area contributed by atoms with Crippen LogP contribution in [-0.4, -0.2) is 14.4 Å². The maximum Gasteiger partial charge on any atom is 0.235 e. The Morgan fingerprint density at radius 1 is 1.00 bits per heavy atom. The van der Waals surface area contributed by atoms with Crippen molar-refractivity contribution in [3.8, 4) is 11.3 Å². The molecule has 0 saturated heterocycles. The monoisotopic (exact) mass is 301 g/mol. The van der Waals surface area contributed by atoms with Crippen molar-refractivity contribution in [3.05, 3.63) is 52.4 Å². The second kappa shape index (κ2) is 4.21. The van der Waals surface area contributed by atoms with Crippen molar-refractivity contribution < 1.29 is 0 Å². The minimum Gasteiger partial charge on any atom is -0.277 e. The van der Waals surface area contributed by atoms with E-state index in [0.29, 0.717) is 0 Å². The van der Waals surface area contributed by atoms with E-state index < -0.39 is 0 Å². The van der Waals surface area contributed by atoms with Gasteiger partial charge in [-0.25, -0.2) is 9.97 Å². The van der Waals surface area contributed by atoms with E-state index in [4.69, 9.17) is 0 Å². The lowest BCUT2D eigenvalue weighted by atomic mass is 10.1. The average molecular weight is 302 g/mol. The number of aryl methyl sites for hydroxylation is 2. The maximum absolute atomic E-state index is 4.58. The summed E-state index contributed by atoms with van der Waals surface area (Å²) in [6.45, 7) is 4.04. The molecular formula is C14H12BrN3. The molecule has 0 spiro atoms. The van der Waals surface area contributed by atoms with Crippen molar-refractivity contribution in [1.82, 2.24) is 14.4 Å². The summed E-state index contributed by atoms with van der Waals surface area (Å²) in [5.41, 5.74) is 4.23. The third-order valence-electron chi connectivity index (χ3n) is 2.90. The first-order chi connectivity index (χ1) is 8.65. The highest BCUT2D eigenvalue weighted by atomic mass is 79.9. The summed E-state index contributed by atoms with van der Waals surface area (Å²) < 4.78 is 2.89. The van der Waals surface area contributed by atoms with Gasteiger partial charge in [0.25, 0.3) is 0 Å². The number of fused-ring (bicyclic) bond motifs is 1. The van der Waals surface area contributed by atoms with Gasteiger partial charge < -0.3 is 0 Å². The van der Waals surface area contributed by atoms with Crippen molar-refractivity contribution in [2.24, 2.45) is 0 Å². The Morgan fingerprint density at radius 3 is 2.44 bits per heavy atom. The molecule has 3 rings (SSSR count). The Kier molecular flexibility index (Phi) is 2.67. The quantitative estimate of drug-likeness (QED) is 0.685. The first kappa shape index (κ1) is 11.4. The van der Waals surface area contributed by atoms with Crippen molar-refractivity contribution in [2.45, 2.75) is 13.8 Å². The van der Waals surface area contributed by atoms with Crippen LogP contribution in [0.1, 0.15) is 11.3 Å². The van der Waals surface area contributed by atoms with E-state index in [2.05, 4.69) is 57.1 Å². The molecule has 0 aliphatic rings. The van der Waals surface area contributed by atoms with Crippen LogP contribution in [0.15, 0.2) is 41.1 Å². The summed E-state index contributed by atoms with van der Waals surface area (Å²) in [7, 11) is 0. The number of benzene rings is 1. The van der Waals surface area contributed by atoms with Crippen molar-refractivity contribution in [2.75, 3.05) is 0 Å². The van der Waals surface area contributed by atoms with E-state index >= 15 is 0 Å². The largest absolute Gasteiger partial charge is 0.277 e. The fourth-order valence-electron chi connectivity index (χ4n) is 1.89. The van der Waals surface area contributed by atoms with Gasteiger partial charge in [0.2, 0.25) is 5.78 Å². The third kappa shape index (κ3) is 1.82. The number of hydrogen-bond acceptors (Lipinski definition) is 2. The van der Waals surface area contributed by atoms with E-state index in [9.17, 15) is 0 Å². The Balaban J connectivity index is 2.23. The fraction of sp³-hybridized carbons (Fsp3) is 0.143. The van der Waals surface area contributed by atoms with Crippen LogP contribution in [0.5, 0.6) is 0 Å². The molecule has 1 aromatic carbocycles. The topological polar surface area (TPSA) is 30.2 Å². The van der Waals surface area contributed by atoms with Crippen LogP contribution in [0.3, 0.4) is 0 Å². The van der Waals surface area contributed by atoms with Crippen LogP contribution < -0.4 is 0 Å². The SMILES string of the molecule is Cc1ccc(-c2nc3nc(C)ccn3c2Br)cc1. The minimum atomic E-state index is 0.720. The summed E-state index contributed by atoms with van der Waals surface area (Å²) in [5.74, 6) is 0.720. The van der Waals surface area contributed by atoms with E-state index in [1.54, 1.807) is 0 Å². The molecule has 4 heteroatoms. The van der Waals surface area contributed by atoms with Crippen LogP contribution >= 0.6 is 15.9 Å². The Bertz CT molecular complexity index is 714. The Labute approximate surface area is 114 Å². The van der Waals surface area contributed by atoms with Gasteiger partial charge in [0.1, 0.15) is 10.3 Å². The predicted octanol–water partition coefficient (Wildman–Crippen LogP) is 3.78. The number of aromatic nitrogens is 3. The van der Waals surface area contributed by atoms with Crippen LogP contribution in [0.4, 0.5) is 0 Å². The van der Waals surface area contributed by atoms with Gasteiger partial charge in [-0.3, -0.25) is 4.40 Å². The van der Waals surface area contributed by atoms with E-state index in [1.807, 2.05) is 23.6 Å². The number of rotatable bonds is 1. The first-order valence-corrected chi connectivity index (χ1v) is 6.53. The van der Waals surface area contributed by atoms with Crippen molar-refractivity contribution in [3.63, 3.8) is 0 Å². The fourth-order valence-corrected chi connectivity index (χ4v) is 2.48. The lowest BCUT2D eigenvalue weighted by molar-refractivity contribution is 1.05. The molecule has 0 fully saturated rings. The van der Waals surface area contributed by atoms with E-state index in [0.717, 1.165) is 27.3 Å². The molecule has 3 aromatic rings. The standard InChI is InChI=1S/C14H12BrN3/c1-9-3-5-11(6-4-9)12-13(15)18-8-7-10(2)16-14(18)17-12/h3-8H,1-2H3. The average Bonchev–Trinajstić information content (AvgIpc) is 2.67. The minimum absolute atomic E-state index is 0.720. The lowest BCUT2D eigenvalue weighted by Crippen LogP contribution is -1.89. The molecule has 0 unspecified atom stereocenters. The van der Waals surface area contributed by atoms with Crippen LogP contribution in [0.2, 0.25) is 0 Å². The highest BCUT2D eigenvalue weighted by molar-refractivity contribution is 9.10.